The van der Waals surface area contributed by atoms with E-state index in [2.05, 4.69) is 20.7 Å². The quantitative estimate of drug-likeness (QED) is 0.866. The van der Waals surface area contributed by atoms with E-state index in [-0.39, 0.29) is 5.75 Å². The summed E-state index contributed by atoms with van der Waals surface area (Å²) in [5.74, 6) is -0.262. The molecule has 2 aromatic rings. The highest BCUT2D eigenvalue weighted by atomic mass is 79.9. The molecular weight excluding hydrogens is 347 g/mol. The van der Waals surface area contributed by atoms with E-state index in [9.17, 15) is 13.2 Å². The Balaban J connectivity index is 2.14. The molecule has 0 aliphatic heterocycles. The zero-order chi connectivity index (χ0) is 15.5. The van der Waals surface area contributed by atoms with Gasteiger partial charge in [-0.25, -0.2) is 0 Å². The fraction of sp³-hybridized carbons (Fsp3) is 0.200. The molecule has 0 radical (unpaired) electrons. The number of hydrogen-bond acceptors (Lipinski definition) is 2. The van der Waals surface area contributed by atoms with Crippen molar-refractivity contribution >= 4 is 15.9 Å². The van der Waals surface area contributed by atoms with Crippen molar-refractivity contribution in [1.82, 2.24) is 0 Å². The van der Waals surface area contributed by atoms with Crippen LogP contribution in [0.15, 0.2) is 53.0 Å². The molecule has 0 aliphatic carbocycles. The van der Waals surface area contributed by atoms with Crippen LogP contribution in [-0.4, -0.2) is 6.36 Å². The minimum Gasteiger partial charge on any atom is -0.406 e. The Morgan fingerprint density at radius 1 is 1.10 bits per heavy atom. The number of rotatable bonds is 4. The van der Waals surface area contributed by atoms with E-state index < -0.39 is 12.4 Å². The van der Waals surface area contributed by atoms with Gasteiger partial charge in [-0.3, -0.25) is 0 Å². The van der Waals surface area contributed by atoms with Crippen LogP contribution in [-0.2, 0) is 6.42 Å². The van der Waals surface area contributed by atoms with E-state index in [4.69, 9.17) is 5.73 Å². The molecule has 0 heterocycles. The highest BCUT2D eigenvalue weighted by Crippen LogP contribution is 2.27. The third-order valence-corrected chi connectivity index (χ3v) is 3.69. The third-order valence-electron chi connectivity index (χ3n) is 2.92. The Kier molecular flexibility index (Phi) is 4.90. The van der Waals surface area contributed by atoms with Crippen molar-refractivity contribution in [3.8, 4) is 5.75 Å². The molecule has 0 spiro atoms. The number of benzene rings is 2. The maximum absolute atomic E-state index is 12.2. The van der Waals surface area contributed by atoms with Crippen LogP contribution >= 0.6 is 15.9 Å². The molecule has 2 rings (SSSR count). The molecule has 2 aromatic carbocycles. The van der Waals surface area contributed by atoms with E-state index in [1.807, 2.05) is 24.3 Å². The molecule has 21 heavy (non-hydrogen) atoms. The van der Waals surface area contributed by atoms with Gasteiger partial charge in [0.2, 0.25) is 0 Å². The van der Waals surface area contributed by atoms with Crippen LogP contribution in [0.25, 0.3) is 0 Å². The van der Waals surface area contributed by atoms with Crippen LogP contribution in [0.1, 0.15) is 17.2 Å². The fourth-order valence-electron chi connectivity index (χ4n) is 1.96. The lowest BCUT2D eigenvalue weighted by Crippen LogP contribution is -2.18. The Labute approximate surface area is 128 Å². The van der Waals surface area contributed by atoms with Gasteiger partial charge in [-0.05, 0) is 35.7 Å². The minimum absolute atomic E-state index is 0.262. The molecule has 2 nitrogen and oxygen atoms in total. The first-order valence-electron chi connectivity index (χ1n) is 6.20. The smallest absolute Gasteiger partial charge is 0.406 e. The lowest BCUT2D eigenvalue weighted by molar-refractivity contribution is -0.274. The highest BCUT2D eigenvalue weighted by Gasteiger charge is 2.31. The summed E-state index contributed by atoms with van der Waals surface area (Å²) < 4.78 is 41.5. The van der Waals surface area contributed by atoms with E-state index in [1.54, 1.807) is 6.07 Å². The first-order chi connectivity index (χ1) is 9.85. The van der Waals surface area contributed by atoms with Crippen LogP contribution in [0.5, 0.6) is 5.75 Å². The van der Waals surface area contributed by atoms with Gasteiger partial charge in [0, 0.05) is 10.5 Å². The van der Waals surface area contributed by atoms with E-state index in [1.165, 1.54) is 18.2 Å². The second kappa shape index (κ2) is 6.49. The summed E-state index contributed by atoms with van der Waals surface area (Å²) in [7, 11) is 0. The van der Waals surface area contributed by atoms with E-state index >= 15 is 0 Å². The minimum atomic E-state index is -4.70. The zero-order valence-corrected chi connectivity index (χ0v) is 12.5. The summed E-state index contributed by atoms with van der Waals surface area (Å²) >= 11 is 3.42. The SMILES string of the molecule is NC(Cc1ccccc1Br)c1cccc(OC(F)(F)F)c1. The van der Waals surface area contributed by atoms with Gasteiger partial charge in [0.05, 0.1) is 0 Å². The van der Waals surface area contributed by atoms with Crippen LogP contribution in [0.4, 0.5) is 13.2 Å². The molecule has 6 heteroatoms. The summed E-state index contributed by atoms with van der Waals surface area (Å²) in [4.78, 5) is 0. The van der Waals surface area contributed by atoms with Gasteiger partial charge in [-0.1, -0.05) is 46.3 Å². The van der Waals surface area contributed by atoms with Crippen molar-refractivity contribution in [2.24, 2.45) is 5.73 Å². The Morgan fingerprint density at radius 2 is 1.81 bits per heavy atom. The van der Waals surface area contributed by atoms with Crippen LogP contribution < -0.4 is 10.5 Å². The summed E-state index contributed by atoms with van der Waals surface area (Å²) in [6.45, 7) is 0. The van der Waals surface area contributed by atoms with Crippen molar-refractivity contribution < 1.29 is 17.9 Å². The molecule has 0 bridgehead atoms. The molecule has 0 amide bonds. The van der Waals surface area contributed by atoms with Crippen molar-refractivity contribution in [3.05, 3.63) is 64.1 Å². The van der Waals surface area contributed by atoms with Gasteiger partial charge in [0.1, 0.15) is 5.75 Å². The largest absolute Gasteiger partial charge is 0.573 e. The maximum atomic E-state index is 12.2. The topological polar surface area (TPSA) is 35.2 Å². The van der Waals surface area contributed by atoms with Gasteiger partial charge in [-0.15, -0.1) is 13.2 Å². The average Bonchev–Trinajstić information content (AvgIpc) is 2.39. The van der Waals surface area contributed by atoms with Gasteiger partial charge in [0.25, 0.3) is 0 Å². The predicted octanol–water partition coefficient (Wildman–Crippen LogP) is 4.59. The Morgan fingerprint density at radius 3 is 2.48 bits per heavy atom. The second-order valence-corrected chi connectivity index (χ2v) is 5.38. The molecule has 0 saturated heterocycles. The van der Waals surface area contributed by atoms with Crippen LogP contribution in [0, 0.1) is 0 Å². The van der Waals surface area contributed by atoms with Crippen molar-refractivity contribution in [3.63, 3.8) is 0 Å². The molecule has 2 N–H and O–H groups in total. The molecule has 0 aromatic heterocycles. The molecule has 112 valence electrons. The van der Waals surface area contributed by atoms with Gasteiger partial charge in [0.15, 0.2) is 0 Å². The van der Waals surface area contributed by atoms with Gasteiger partial charge in [-0.2, -0.15) is 0 Å². The number of ether oxygens (including phenoxy) is 1. The number of alkyl halides is 3. The third kappa shape index (κ3) is 4.75. The Hall–Kier alpha value is -1.53. The molecular formula is C15H13BrF3NO. The molecule has 1 unspecified atom stereocenters. The summed E-state index contributed by atoms with van der Waals surface area (Å²) in [6, 6.07) is 12.9. The first-order valence-corrected chi connectivity index (χ1v) is 6.99. The summed E-state index contributed by atoms with van der Waals surface area (Å²) in [5, 5.41) is 0. The fourth-order valence-corrected chi connectivity index (χ4v) is 2.41. The maximum Gasteiger partial charge on any atom is 0.573 e. The van der Waals surface area contributed by atoms with Crippen LogP contribution in [0.3, 0.4) is 0 Å². The second-order valence-electron chi connectivity index (χ2n) is 4.52. The Bertz CT molecular complexity index is 616. The van der Waals surface area contributed by atoms with Crippen molar-refractivity contribution in [2.75, 3.05) is 0 Å². The van der Waals surface area contributed by atoms with Crippen LogP contribution in [0.2, 0.25) is 0 Å². The lowest BCUT2D eigenvalue weighted by atomic mass is 9.99. The molecule has 0 saturated carbocycles. The van der Waals surface area contributed by atoms with Gasteiger partial charge >= 0.3 is 6.36 Å². The number of hydrogen-bond donors (Lipinski definition) is 1. The predicted molar refractivity (Wildman–Crippen MR) is 77.9 cm³/mol. The first kappa shape index (κ1) is 15.9. The normalized spacial score (nSPS) is 13.0. The number of nitrogens with two attached hydrogens (primary N) is 1. The van der Waals surface area contributed by atoms with E-state index in [0.717, 1.165) is 10.0 Å². The lowest BCUT2D eigenvalue weighted by Gasteiger charge is -2.15. The molecule has 0 fully saturated rings. The zero-order valence-electron chi connectivity index (χ0n) is 10.9. The summed E-state index contributed by atoms with van der Waals surface area (Å²) in [5.41, 5.74) is 7.65. The van der Waals surface area contributed by atoms with Gasteiger partial charge < -0.3 is 10.5 Å². The van der Waals surface area contributed by atoms with E-state index in [0.29, 0.717) is 12.0 Å². The average molecular weight is 360 g/mol. The van der Waals surface area contributed by atoms with Crippen molar-refractivity contribution in [1.29, 1.82) is 0 Å². The summed E-state index contributed by atoms with van der Waals surface area (Å²) in [6.07, 6.45) is -4.19. The van der Waals surface area contributed by atoms with Crippen molar-refractivity contribution in [2.45, 2.75) is 18.8 Å². The number of halogens is 4. The standard InChI is InChI=1S/C15H13BrF3NO/c16-13-7-2-1-4-10(13)9-14(20)11-5-3-6-12(8-11)21-15(17,18)19/h1-8,14H,9,20H2. The monoisotopic (exact) mass is 359 g/mol. The molecule has 0 aliphatic rings. The highest BCUT2D eigenvalue weighted by molar-refractivity contribution is 9.10. The molecule has 1 atom stereocenters.